The summed E-state index contributed by atoms with van der Waals surface area (Å²) >= 11 is 0. The quantitative estimate of drug-likeness (QED) is 0.407. The molecule has 1 aromatic rings. The van der Waals surface area contributed by atoms with Crippen molar-refractivity contribution in [3.8, 4) is 12.3 Å². The van der Waals surface area contributed by atoms with Gasteiger partial charge in [-0.25, -0.2) is 0 Å². The van der Waals surface area contributed by atoms with E-state index in [0.29, 0.717) is 25.9 Å². The summed E-state index contributed by atoms with van der Waals surface area (Å²) in [7, 11) is 1.59. The highest BCUT2D eigenvalue weighted by Crippen LogP contribution is 2.37. The monoisotopic (exact) mass is 478 g/mol. The molecule has 3 aliphatic rings. The van der Waals surface area contributed by atoms with Crippen molar-refractivity contribution in [2.75, 3.05) is 13.7 Å². The molecule has 2 heterocycles. The van der Waals surface area contributed by atoms with E-state index in [1.165, 1.54) is 5.56 Å². The lowest BCUT2D eigenvalue weighted by molar-refractivity contribution is -0.149. The highest BCUT2D eigenvalue weighted by molar-refractivity contribution is 5.94. The van der Waals surface area contributed by atoms with Crippen molar-refractivity contribution in [2.24, 2.45) is 5.92 Å². The summed E-state index contributed by atoms with van der Waals surface area (Å²) in [6, 6.07) is 5.72. The van der Waals surface area contributed by atoms with Crippen molar-refractivity contribution in [3.63, 3.8) is 0 Å². The number of carbonyl (C=O) groups excluding carboxylic acids is 3. The second-order valence-electron chi connectivity index (χ2n) is 9.43. The molecule has 1 aromatic carbocycles. The molecule has 2 fully saturated rings. The Hall–Kier alpha value is -3.15. The van der Waals surface area contributed by atoms with Crippen LogP contribution in [0.3, 0.4) is 0 Å². The molecule has 0 spiro atoms. The van der Waals surface area contributed by atoms with Crippen LogP contribution in [0.25, 0.3) is 0 Å². The number of benzene rings is 1. The van der Waals surface area contributed by atoms with Gasteiger partial charge in [0.1, 0.15) is 24.4 Å². The molecule has 6 atom stereocenters. The number of hydrogen-bond donors (Lipinski definition) is 3. The average Bonchev–Trinajstić information content (AvgIpc) is 3.15. The fourth-order valence-corrected chi connectivity index (χ4v) is 5.58. The number of nitrogens with zero attached hydrogens (tertiary/aromatic N) is 1. The summed E-state index contributed by atoms with van der Waals surface area (Å²) in [5, 5.41) is 8.72. The Bertz CT molecular complexity index is 1020. The molecule has 3 amide bonds. The van der Waals surface area contributed by atoms with Crippen molar-refractivity contribution in [1.82, 2.24) is 20.9 Å². The molecule has 4 rings (SSSR count). The smallest absolute Gasteiger partial charge is 0.250 e. The Labute approximate surface area is 206 Å². The van der Waals surface area contributed by atoms with Gasteiger partial charge in [0.05, 0.1) is 12.6 Å². The minimum atomic E-state index is -0.847. The molecular weight excluding hydrogens is 444 g/mol. The lowest BCUT2D eigenvalue weighted by Crippen LogP contribution is -2.57. The normalized spacial score (nSPS) is 28.6. The second-order valence-corrected chi connectivity index (χ2v) is 9.43. The van der Waals surface area contributed by atoms with Gasteiger partial charge in [0.25, 0.3) is 0 Å². The van der Waals surface area contributed by atoms with Crippen LogP contribution in [0.15, 0.2) is 36.9 Å². The van der Waals surface area contributed by atoms with Crippen LogP contribution in [0.1, 0.15) is 49.3 Å². The molecule has 2 saturated heterocycles. The van der Waals surface area contributed by atoms with Crippen molar-refractivity contribution in [1.29, 1.82) is 0 Å². The number of fused-ring (bicyclic) bond motifs is 2. The lowest BCUT2D eigenvalue weighted by atomic mass is 9.87. The van der Waals surface area contributed by atoms with Gasteiger partial charge in [0, 0.05) is 6.42 Å². The van der Waals surface area contributed by atoms with Crippen LogP contribution < -0.4 is 16.0 Å². The van der Waals surface area contributed by atoms with E-state index >= 15 is 0 Å². The molecular formula is C27H34N4O4. The molecule has 35 heavy (non-hydrogen) atoms. The summed E-state index contributed by atoms with van der Waals surface area (Å²) in [6.07, 6.45) is 11.0. The number of ether oxygens (including phenoxy) is 1. The fourth-order valence-electron chi connectivity index (χ4n) is 5.58. The molecule has 8 heteroatoms. The van der Waals surface area contributed by atoms with E-state index in [-0.39, 0.29) is 23.8 Å². The molecule has 8 nitrogen and oxygen atoms in total. The summed E-state index contributed by atoms with van der Waals surface area (Å²) < 4.78 is 6.01. The Kier molecular flexibility index (Phi) is 7.89. The second kappa shape index (κ2) is 11.1. The zero-order valence-electron chi connectivity index (χ0n) is 20.2. The standard InChI is InChI=1S/C27H34N4O4/c1-4-9-18-16-23-31(27(34)22(14-15-35-23)30-25(32)20(5-2)28-3)24(18)26(33)29-21-13-8-11-17-10-6-7-12-19(17)21/h2,4,6-7,10,12,18,20-24,28H,1,8-9,11,13-16H2,3H3,(H,29,33)(H,30,32)/t18?,20-,21+,22-,23-,24-/m0/s1. The number of rotatable bonds is 7. The zero-order chi connectivity index (χ0) is 24.9. The number of nitrogens with one attached hydrogen (secondary N) is 3. The van der Waals surface area contributed by atoms with E-state index < -0.39 is 30.3 Å². The predicted molar refractivity (Wildman–Crippen MR) is 132 cm³/mol. The van der Waals surface area contributed by atoms with Crippen LogP contribution in [-0.4, -0.2) is 60.6 Å². The first-order valence-electron chi connectivity index (χ1n) is 12.3. The van der Waals surface area contributed by atoms with Gasteiger partial charge in [-0.15, -0.1) is 13.0 Å². The lowest BCUT2D eigenvalue weighted by Gasteiger charge is -2.33. The van der Waals surface area contributed by atoms with Gasteiger partial charge in [0.15, 0.2) is 0 Å². The Morgan fingerprint density at radius 1 is 1.29 bits per heavy atom. The molecule has 3 N–H and O–H groups in total. The van der Waals surface area contributed by atoms with E-state index in [2.05, 4.69) is 40.6 Å². The van der Waals surface area contributed by atoms with Gasteiger partial charge in [-0.05, 0) is 56.2 Å². The number of carbonyl (C=O) groups is 3. The van der Waals surface area contributed by atoms with Gasteiger partial charge in [-0.1, -0.05) is 36.3 Å². The minimum Gasteiger partial charge on any atom is -0.358 e. The van der Waals surface area contributed by atoms with Gasteiger partial charge in [0.2, 0.25) is 17.7 Å². The molecule has 1 aliphatic carbocycles. The van der Waals surface area contributed by atoms with Crippen LogP contribution in [0.2, 0.25) is 0 Å². The first kappa shape index (κ1) is 25.0. The maximum Gasteiger partial charge on any atom is 0.250 e. The van der Waals surface area contributed by atoms with Crippen LogP contribution in [0.4, 0.5) is 0 Å². The number of likely N-dealkylation sites (N-methyl/N-ethyl adjacent to an activating group) is 1. The first-order valence-corrected chi connectivity index (χ1v) is 12.3. The number of aryl methyl sites for hydroxylation is 1. The van der Waals surface area contributed by atoms with Gasteiger partial charge in [-0.3, -0.25) is 19.7 Å². The summed E-state index contributed by atoms with van der Waals surface area (Å²) in [4.78, 5) is 41.5. The number of amides is 3. The Morgan fingerprint density at radius 2 is 2.09 bits per heavy atom. The maximum atomic E-state index is 13.7. The zero-order valence-corrected chi connectivity index (χ0v) is 20.2. The van der Waals surface area contributed by atoms with E-state index in [9.17, 15) is 14.4 Å². The molecule has 186 valence electrons. The Balaban J connectivity index is 1.56. The third kappa shape index (κ3) is 5.12. The Morgan fingerprint density at radius 3 is 2.83 bits per heavy atom. The summed E-state index contributed by atoms with van der Waals surface area (Å²) in [5.74, 6) is 1.29. The molecule has 0 bridgehead atoms. The van der Waals surface area contributed by atoms with Crippen molar-refractivity contribution in [3.05, 3.63) is 48.0 Å². The van der Waals surface area contributed by atoms with E-state index in [1.54, 1.807) is 18.0 Å². The van der Waals surface area contributed by atoms with Crippen molar-refractivity contribution >= 4 is 17.7 Å². The molecule has 0 radical (unpaired) electrons. The van der Waals surface area contributed by atoms with Gasteiger partial charge in [-0.2, -0.15) is 0 Å². The third-order valence-corrected chi connectivity index (χ3v) is 7.29. The highest BCUT2D eigenvalue weighted by Gasteiger charge is 2.50. The number of terminal acetylenes is 1. The topological polar surface area (TPSA) is 99.8 Å². The predicted octanol–water partition coefficient (Wildman–Crippen LogP) is 1.43. The van der Waals surface area contributed by atoms with E-state index in [0.717, 1.165) is 24.8 Å². The van der Waals surface area contributed by atoms with Gasteiger partial charge < -0.3 is 20.3 Å². The van der Waals surface area contributed by atoms with Gasteiger partial charge >= 0.3 is 0 Å². The third-order valence-electron chi connectivity index (χ3n) is 7.29. The molecule has 1 unspecified atom stereocenters. The van der Waals surface area contributed by atoms with Crippen LogP contribution >= 0.6 is 0 Å². The number of allylic oxidation sites excluding steroid dienone is 1. The van der Waals surface area contributed by atoms with Crippen LogP contribution in [0.5, 0.6) is 0 Å². The summed E-state index contributed by atoms with van der Waals surface area (Å²) in [5.41, 5.74) is 2.39. The van der Waals surface area contributed by atoms with E-state index in [4.69, 9.17) is 11.2 Å². The first-order chi connectivity index (χ1) is 17.0. The van der Waals surface area contributed by atoms with E-state index in [1.807, 2.05) is 12.1 Å². The number of hydrogen-bond acceptors (Lipinski definition) is 5. The largest absolute Gasteiger partial charge is 0.358 e. The average molecular weight is 479 g/mol. The fraction of sp³-hybridized carbons (Fsp3) is 0.519. The molecule has 2 aliphatic heterocycles. The maximum absolute atomic E-state index is 13.7. The van der Waals surface area contributed by atoms with Crippen molar-refractivity contribution < 1.29 is 19.1 Å². The SMILES string of the molecule is C#C[C@H](NC)C(=O)N[C@H]1CCO[C@H]2CC(CC=C)[C@@H](C(=O)N[C@@H]3CCCc4ccccc43)N2C1=O. The molecule has 0 aromatic heterocycles. The van der Waals surface area contributed by atoms with Crippen LogP contribution in [-0.2, 0) is 25.5 Å². The minimum absolute atomic E-state index is 0.0959. The highest BCUT2D eigenvalue weighted by atomic mass is 16.5. The molecule has 0 saturated carbocycles. The van der Waals surface area contributed by atoms with Crippen LogP contribution in [0, 0.1) is 18.3 Å². The summed E-state index contributed by atoms with van der Waals surface area (Å²) in [6.45, 7) is 4.15. The van der Waals surface area contributed by atoms with Crippen molar-refractivity contribution in [2.45, 2.75) is 68.9 Å².